The molecule has 19 heavy (non-hydrogen) atoms. The van der Waals surface area contributed by atoms with Crippen LogP contribution in [0.3, 0.4) is 0 Å². The third kappa shape index (κ3) is 3.32. The van der Waals surface area contributed by atoms with E-state index in [1.807, 2.05) is 25.1 Å². The van der Waals surface area contributed by atoms with E-state index in [9.17, 15) is 9.59 Å². The minimum absolute atomic E-state index is 0.0140. The zero-order chi connectivity index (χ0) is 13.8. The summed E-state index contributed by atoms with van der Waals surface area (Å²) in [5, 5.41) is 5.67. The van der Waals surface area contributed by atoms with Gasteiger partial charge in [-0.05, 0) is 30.2 Å². The van der Waals surface area contributed by atoms with E-state index in [-0.39, 0.29) is 17.7 Å². The second-order valence-electron chi connectivity index (χ2n) is 4.91. The summed E-state index contributed by atoms with van der Waals surface area (Å²) in [5.74, 6) is -0.0319. The van der Waals surface area contributed by atoms with Gasteiger partial charge in [-0.25, -0.2) is 0 Å². The lowest BCUT2D eigenvalue weighted by Crippen LogP contribution is -2.29. The molecule has 1 aromatic rings. The van der Waals surface area contributed by atoms with Gasteiger partial charge >= 0.3 is 0 Å². The third-order valence-corrected chi connectivity index (χ3v) is 3.31. The number of fused-ring (bicyclic) bond motifs is 1. The monoisotopic (exact) mass is 261 g/mol. The standard InChI is InChI=1S/C14H19N3O2/c1-9(4-5-15)14(19)16-8-10-2-3-12-11(6-10)7-13(18)17-12/h2-3,6,9H,4-5,7-8,15H2,1H3,(H,16,19)(H,17,18). The van der Waals surface area contributed by atoms with Crippen LogP contribution in [0.15, 0.2) is 18.2 Å². The van der Waals surface area contributed by atoms with Gasteiger partial charge in [0.05, 0.1) is 6.42 Å². The highest BCUT2D eigenvalue weighted by molar-refractivity contribution is 5.99. The maximum Gasteiger partial charge on any atom is 0.228 e. The summed E-state index contributed by atoms with van der Waals surface area (Å²) in [5.41, 5.74) is 8.30. The molecule has 2 amide bonds. The van der Waals surface area contributed by atoms with Gasteiger partial charge in [-0.1, -0.05) is 19.1 Å². The van der Waals surface area contributed by atoms with Crippen molar-refractivity contribution in [2.45, 2.75) is 26.3 Å². The Morgan fingerprint density at radius 1 is 1.53 bits per heavy atom. The molecule has 0 saturated carbocycles. The van der Waals surface area contributed by atoms with Gasteiger partial charge in [0.25, 0.3) is 0 Å². The Kier molecular flexibility index (Phi) is 4.16. The average Bonchev–Trinajstić information content (AvgIpc) is 2.75. The Morgan fingerprint density at radius 3 is 3.05 bits per heavy atom. The topological polar surface area (TPSA) is 84.2 Å². The van der Waals surface area contributed by atoms with Crippen LogP contribution in [0.4, 0.5) is 5.69 Å². The van der Waals surface area contributed by atoms with Crippen molar-refractivity contribution in [3.63, 3.8) is 0 Å². The Labute approximate surface area is 112 Å². The lowest BCUT2D eigenvalue weighted by molar-refractivity contribution is -0.124. The summed E-state index contributed by atoms with van der Waals surface area (Å²) < 4.78 is 0. The second-order valence-corrected chi connectivity index (χ2v) is 4.91. The summed E-state index contributed by atoms with van der Waals surface area (Å²) in [4.78, 5) is 23.0. The van der Waals surface area contributed by atoms with Crippen molar-refractivity contribution >= 4 is 17.5 Å². The average molecular weight is 261 g/mol. The Balaban J connectivity index is 1.92. The smallest absolute Gasteiger partial charge is 0.228 e. The van der Waals surface area contributed by atoms with Crippen LogP contribution in [-0.2, 0) is 22.6 Å². The molecule has 4 N–H and O–H groups in total. The minimum atomic E-state index is -0.0670. The van der Waals surface area contributed by atoms with Crippen LogP contribution < -0.4 is 16.4 Å². The van der Waals surface area contributed by atoms with Crippen molar-refractivity contribution in [3.8, 4) is 0 Å². The number of nitrogens with one attached hydrogen (secondary N) is 2. The van der Waals surface area contributed by atoms with Gasteiger partial charge in [0.15, 0.2) is 0 Å². The number of nitrogens with two attached hydrogens (primary N) is 1. The lowest BCUT2D eigenvalue weighted by Gasteiger charge is -2.11. The number of hydrogen-bond acceptors (Lipinski definition) is 3. The van der Waals surface area contributed by atoms with E-state index in [4.69, 9.17) is 5.73 Å². The molecule has 0 radical (unpaired) electrons. The molecule has 0 saturated heterocycles. The van der Waals surface area contributed by atoms with E-state index >= 15 is 0 Å². The highest BCUT2D eigenvalue weighted by Gasteiger charge is 2.17. The fraction of sp³-hybridized carbons (Fsp3) is 0.429. The molecule has 1 aromatic carbocycles. The maximum atomic E-state index is 11.8. The van der Waals surface area contributed by atoms with E-state index in [2.05, 4.69) is 10.6 Å². The summed E-state index contributed by atoms with van der Waals surface area (Å²) in [6.45, 7) is 2.86. The first kappa shape index (κ1) is 13.5. The molecule has 5 heteroatoms. The SMILES string of the molecule is CC(CCN)C(=O)NCc1ccc2c(c1)CC(=O)N2. The quantitative estimate of drug-likeness (QED) is 0.732. The number of hydrogen-bond donors (Lipinski definition) is 3. The Bertz CT molecular complexity index is 499. The number of carbonyl (C=O) groups is 2. The molecular weight excluding hydrogens is 242 g/mol. The van der Waals surface area contributed by atoms with Crippen LogP contribution in [0.5, 0.6) is 0 Å². The first-order valence-corrected chi connectivity index (χ1v) is 6.49. The van der Waals surface area contributed by atoms with Gasteiger partial charge in [0, 0.05) is 18.2 Å². The largest absolute Gasteiger partial charge is 0.352 e. The zero-order valence-electron chi connectivity index (χ0n) is 11.0. The summed E-state index contributed by atoms with van der Waals surface area (Å²) in [7, 11) is 0. The number of amides is 2. The molecule has 0 fully saturated rings. The number of rotatable bonds is 5. The van der Waals surface area contributed by atoms with Crippen LogP contribution in [-0.4, -0.2) is 18.4 Å². The van der Waals surface area contributed by atoms with Crippen molar-refractivity contribution in [2.24, 2.45) is 11.7 Å². The van der Waals surface area contributed by atoms with Crippen molar-refractivity contribution in [3.05, 3.63) is 29.3 Å². The number of anilines is 1. The molecule has 1 aliphatic heterocycles. The molecule has 1 heterocycles. The molecule has 1 aliphatic rings. The van der Waals surface area contributed by atoms with E-state index < -0.39 is 0 Å². The zero-order valence-corrected chi connectivity index (χ0v) is 11.0. The van der Waals surface area contributed by atoms with Gasteiger partial charge in [-0.2, -0.15) is 0 Å². The van der Waals surface area contributed by atoms with E-state index in [1.54, 1.807) is 0 Å². The summed E-state index contributed by atoms with van der Waals surface area (Å²) in [6.07, 6.45) is 1.11. The van der Waals surface area contributed by atoms with Crippen LogP contribution in [0.25, 0.3) is 0 Å². The van der Waals surface area contributed by atoms with Gasteiger partial charge < -0.3 is 16.4 Å². The first-order chi connectivity index (χ1) is 9.10. The van der Waals surface area contributed by atoms with Crippen LogP contribution in [0.1, 0.15) is 24.5 Å². The molecule has 0 spiro atoms. The molecule has 2 rings (SSSR count). The predicted molar refractivity (Wildman–Crippen MR) is 73.5 cm³/mol. The molecule has 0 aliphatic carbocycles. The van der Waals surface area contributed by atoms with Crippen molar-refractivity contribution < 1.29 is 9.59 Å². The summed E-state index contributed by atoms with van der Waals surface area (Å²) in [6, 6.07) is 5.75. The minimum Gasteiger partial charge on any atom is -0.352 e. The lowest BCUT2D eigenvalue weighted by atomic mass is 10.1. The van der Waals surface area contributed by atoms with E-state index in [0.717, 1.165) is 16.8 Å². The fourth-order valence-electron chi connectivity index (χ4n) is 2.14. The third-order valence-electron chi connectivity index (χ3n) is 3.31. The molecule has 1 atom stereocenters. The van der Waals surface area contributed by atoms with Crippen LogP contribution in [0.2, 0.25) is 0 Å². The molecule has 5 nitrogen and oxygen atoms in total. The van der Waals surface area contributed by atoms with Gasteiger partial charge in [-0.15, -0.1) is 0 Å². The maximum absolute atomic E-state index is 11.8. The molecule has 0 aromatic heterocycles. The molecule has 102 valence electrons. The van der Waals surface area contributed by atoms with Crippen LogP contribution >= 0.6 is 0 Å². The van der Waals surface area contributed by atoms with Gasteiger partial charge in [0.2, 0.25) is 11.8 Å². The molecular formula is C14H19N3O2. The first-order valence-electron chi connectivity index (χ1n) is 6.49. The van der Waals surface area contributed by atoms with E-state index in [0.29, 0.717) is 25.9 Å². The van der Waals surface area contributed by atoms with Crippen LogP contribution in [0, 0.1) is 5.92 Å². The van der Waals surface area contributed by atoms with Crippen molar-refractivity contribution in [1.29, 1.82) is 0 Å². The van der Waals surface area contributed by atoms with Gasteiger partial charge in [0.1, 0.15) is 0 Å². The highest BCUT2D eigenvalue weighted by Crippen LogP contribution is 2.23. The number of benzene rings is 1. The Hall–Kier alpha value is -1.88. The second kappa shape index (κ2) is 5.84. The molecule has 1 unspecified atom stereocenters. The predicted octanol–water partition coefficient (Wildman–Crippen LogP) is 0.782. The van der Waals surface area contributed by atoms with Crippen molar-refractivity contribution in [2.75, 3.05) is 11.9 Å². The summed E-state index contributed by atoms with van der Waals surface area (Å²) >= 11 is 0. The van der Waals surface area contributed by atoms with Gasteiger partial charge in [-0.3, -0.25) is 9.59 Å². The van der Waals surface area contributed by atoms with Crippen molar-refractivity contribution in [1.82, 2.24) is 5.32 Å². The molecule has 0 bridgehead atoms. The Morgan fingerprint density at radius 2 is 2.32 bits per heavy atom. The fourth-order valence-corrected chi connectivity index (χ4v) is 2.14. The number of carbonyl (C=O) groups excluding carboxylic acids is 2. The normalized spacial score (nSPS) is 14.7. The van der Waals surface area contributed by atoms with E-state index in [1.165, 1.54) is 0 Å². The highest BCUT2D eigenvalue weighted by atomic mass is 16.2.